The summed E-state index contributed by atoms with van der Waals surface area (Å²) >= 11 is 0. The van der Waals surface area contributed by atoms with Crippen molar-refractivity contribution in [2.45, 2.75) is 0 Å². The van der Waals surface area contributed by atoms with Gasteiger partial charge in [-0.15, -0.1) is 0 Å². The number of amides is 1. The Hall–Kier alpha value is -3.93. The molecule has 1 amide bonds. The molecule has 0 aliphatic heterocycles. The Labute approximate surface area is 161 Å². The first-order chi connectivity index (χ1) is 13.7. The van der Waals surface area contributed by atoms with Gasteiger partial charge >= 0.3 is 0 Å². The molecule has 6 heteroatoms. The third kappa shape index (κ3) is 3.23. The van der Waals surface area contributed by atoms with Gasteiger partial charge in [-0.3, -0.25) is 14.6 Å². The molecule has 1 aromatic carbocycles. The molecule has 0 spiro atoms. The van der Waals surface area contributed by atoms with Crippen molar-refractivity contribution in [3.05, 3.63) is 84.9 Å². The van der Waals surface area contributed by atoms with Crippen molar-refractivity contribution in [1.82, 2.24) is 9.38 Å². The average molecular weight is 371 g/mol. The highest BCUT2D eigenvalue weighted by molar-refractivity contribution is 6.47. The van der Waals surface area contributed by atoms with Gasteiger partial charge in [0.15, 0.2) is 0 Å². The van der Waals surface area contributed by atoms with Crippen LogP contribution < -0.4 is 10.1 Å². The molecule has 0 radical (unpaired) electrons. The molecule has 0 aliphatic rings. The zero-order valence-electron chi connectivity index (χ0n) is 15.1. The number of carbonyl (C=O) groups excluding carboxylic acids is 2. The number of anilines is 1. The minimum atomic E-state index is -0.709. The summed E-state index contributed by atoms with van der Waals surface area (Å²) in [4.78, 5) is 29.9. The second kappa shape index (κ2) is 7.36. The highest BCUT2D eigenvalue weighted by Gasteiger charge is 2.24. The summed E-state index contributed by atoms with van der Waals surface area (Å²) < 4.78 is 6.83. The van der Waals surface area contributed by atoms with E-state index in [-0.39, 0.29) is 0 Å². The number of rotatable bonds is 5. The van der Waals surface area contributed by atoms with Crippen LogP contribution in [-0.4, -0.2) is 28.2 Å². The summed E-state index contributed by atoms with van der Waals surface area (Å²) in [5.74, 6) is -0.666. The van der Waals surface area contributed by atoms with E-state index in [1.54, 1.807) is 60.4 Å². The fourth-order valence-corrected chi connectivity index (χ4v) is 3.07. The molecule has 0 atom stereocenters. The average Bonchev–Trinajstić information content (AvgIpc) is 3.14. The van der Waals surface area contributed by atoms with Gasteiger partial charge < -0.3 is 14.5 Å². The van der Waals surface area contributed by atoms with Crippen molar-refractivity contribution in [3.8, 4) is 16.9 Å². The first-order valence-electron chi connectivity index (χ1n) is 8.67. The third-order valence-electron chi connectivity index (χ3n) is 4.42. The van der Waals surface area contributed by atoms with Gasteiger partial charge in [0.1, 0.15) is 11.4 Å². The largest absolute Gasteiger partial charge is 0.497 e. The molecule has 0 aliphatic carbocycles. The zero-order chi connectivity index (χ0) is 19.5. The Morgan fingerprint density at radius 3 is 2.57 bits per heavy atom. The van der Waals surface area contributed by atoms with E-state index < -0.39 is 11.7 Å². The van der Waals surface area contributed by atoms with E-state index in [0.29, 0.717) is 22.7 Å². The molecule has 0 bridgehead atoms. The van der Waals surface area contributed by atoms with Gasteiger partial charge in [-0.1, -0.05) is 12.1 Å². The number of nitrogens with one attached hydrogen (secondary N) is 1. The molecule has 1 N–H and O–H groups in total. The summed E-state index contributed by atoms with van der Waals surface area (Å²) in [6.07, 6.45) is 5.10. The lowest BCUT2D eigenvalue weighted by Gasteiger charge is -2.08. The number of methoxy groups -OCH3 is 1. The molecule has 3 heterocycles. The Balaban J connectivity index is 1.72. The second-order valence-electron chi connectivity index (χ2n) is 6.16. The van der Waals surface area contributed by atoms with Crippen molar-refractivity contribution >= 4 is 22.9 Å². The van der Waals surface area contributed by atoms with Crippen molar-refractivity contribution in [2.24, 2.45) is 0 Å². The van der Waals surface area contributed by atoms with Gasteiger partial charge in [0, 0.05) is 40.9 Å². The molecule has 3 aromatic heterocycles. The van der Waals surface area contributed by atoms with Gasteiger partial charge in [0.2, 0.25) is 0 Å². The van der Waals surface area contributed by atoms with Crippen LogP contribution in [0, 0.1) is 0 Å². The fourth-order valence-electron chi connectivity index (χ4n) is 3.07. The summed E-state index contributed by atoms with van der Waals surface area (Å²) in [5, 5.41) is 2.65. The Morgan fingerprint density at radius 2 is 1.86 bits per heavy atom. The summed E-state index contributed by atoms with van der Waals surface area (Å²) in [7, 11) is 1.56. The maximum Gasteiger partial charge on any atom is 0.298 e. The maximum absolute atomic E-state index is 13.1. The summed E-state index contributed by atoms with van der Waals surface area (Å²) in [6.45, 7) is 0. The molecular weight excluding hydrogens is 354 g/mol. The minimum Gasteiger partial charge on any atom is -0.497 e. The molecule has 138 valence electrons. The monoisotopic (exact) mass is 371 g/mol. The van der Waals surface area contributed by atoms with Crippen LogP contribution in [0.3, 0.4) is 0 Å². The third-order valence-corrected chi connectivity index (χ3v) is 4.42. The number of ether oxygens (including phenoxy) is 1. The van der Waals surface area contributed by atoms with Crippen LogP contribution in [0.15, 0.2) is 79.3 Å². The number of ketones is 1. The quantitative estimate of drug-likeness (QED) is 0.427. The van der Waals surface area contributed by atoms with Crippen molar-refractivity contribution in [1.29, 1.82) is 0 Å². The molecule has 28 heavy (non-hydrogen) atoms. The number of hydrogen-bond donors (Lipinski definition) is 1. The van der Waals surface area contributed by atoms with Crippen LogP contribution in [-0.2, 0) is 4.79 Å². The van der Waals surface area contributed by atoms with Gasteiger partial charge in [-0.25, -0.2) is 0 Å². The van der Waals surface area contributed by atoms with E-state index in [1.807, 2.05) is 30.3 Å². The molecule has 0 saturated carbocycles. The topological polar surface area (TPSA) is 72.7 Å². The number of nitrogens with zero attached hydrogens (tertiary/aromatic N) is 2. The van der Waals surface area contributed by atoms with Crippen LogP contribution in [0.25, 0.3) is 16.6 Å². The number of benzene rings is 1. The number of carbonyl (C=O) groups is 2. The number of Topliss-reactive ketones (excluding diaryl/α,β-unsaturated/α-hetero) is 1. The predicted octanol–water partition coefficient (Wildman–Crippen LogP) is 3.83. The predicted molar refractivity (Wildman–Crippen MR) is 107 cm³/mol. The van der Waals surface area contributed by atoms with Crippen LogP contribution in [0.1, 0.15) is 10.5 Å². The lowest BCUT2D eigenvalue weighted by Crippen LogP contribution is -2.24. The van der Waals surface area contributed by atoms with Gasteiger partial charge in [0.05, 0.1) is 7.11 Å². The molecular formula is C22H17N3O3. The number of fused-ring (bicyclic) bond motifs is 1. The lowest BCUT2D eigenvalue weighted by molar-refractivity contribution is -0.112. The second-order valence-corrected chi connectivity index (χ2v) is 6.16. The Bertz CT molecular complexity index is 1150. The van der Waals surface area contributed by atoms with E-state index in [0.717, 1.165) is 11.1 Å². The number of hydrogen-bond acceptors (Lipinski definition) is 4. The van der Waals surface area contributed by atoms with Crippen LogP contribution >= 0.6 is 0 Å². The number of pyridine rings is 2. The standard InChI is InChI=1S/C22H17N3O3/c1-28-18-9-7-16(8-10-18)24-22(27)21(26)20-19(15-5-4-11-23-14-15)13-17-6-2-3-12-25(17)20/h2-14H,1H3,(H,24,27). The molecule has 0 unspecified atom stereocenters. The Morgan fingerprint density at radius 1 is 1.04 bits per heavy atom. The molecule has 4 rings (SSSR count). The zero-order valence-corrected chi connectivity index (χ0v) is 15.1. The highest BCUT2D eigenvalue weighted by Crippen LogP contribution is 2.28. The van der Waals surface area contributed by atoms with Gasteiger partial charge in [-0.05, 0) is 48.5 Å². The molecule has 4 aromatic rings. The van der Waals surface area contributed by atoms with Crippen molar-refractivity contribution in [3.63, 3.8) is 0 Å². The highest BCUT2D eigenvalue weighted by atomic mass is 16.5. The van der Waals surface area contributed by atoms with E-state index >= 15 is 0 Å². The van der Waals surface area contributed by atoms with E-state index in [4.69, 9.17) is 4.74 Å². The normalized spacial score (nSPS) is 10.6. The van der Waals surface area contributed by atoms with Gasteiger partial charge in [0.25, 0.3) is 11.7 Å². The summed E-state index contributed by atoms with van der Waals surface area (Å²) in [5.41, 5.74) is 3.07. The summed E-state index contributed by atoms with van der Waals surface area (Å²) in [6, 6.07) is 17.9. The van der Waals surface area contributed by atoms with E-state index in [9.17, 15) is 9.59 Å². The first kappa shape index (κ1) is 17.5. The SMILES string of the molecule is COc1ccc(NC(=O)C(=O)c2c(-c3cccnc3)cc3ccccn23)cc1. The molecule has 0 fully saturated rings. The van der Waals surface area contributed by atoms with Crippen molar-refractivity contribution < 1.29 is 14.3 Å². The van der Waals surface area contributed by atoms with Crippen LogP contribution in [0.4, 0.5) is 5.69 Å². The molecule has 0 saturated heterocycles. The van der Waals surface area contributed by atoms with Gasteiger partial charge in [-0.2, -0.15) is 0 Å². The number of aromatic nitrogens is 2. The Kier molecular flexibility index (Phi) is 4.60. The fraction of sp³-hybridized carbons (Fsp3) is 0.0455. The van der Waals surface area contributed by atoms with Crippen LogP contribution in [0.2, 0.25) is 0 Å². The van der Waals surface area contributed by atoms with E-state index in [2.05, 4.69) is 10.3 Å². The lowest BCUT2D eigenvalue weighted by atomic mass is 10.1. The van der Waals surface area contributed by atoms with Crippen LogP contribution in [0.5, 0.6) is 5.75 Å². The smallest absolute Gasteiger partial charge is 0.298 e. The van der Waals surface area contributed by atoms with E-state index in [1.165, 1.54) is 0 Å². The first-order valence-corrected chi connectivity index (χ1v) is 8.67. The molecule has 6 nitrogen and oxygen atoms in total. The minimum absolute atomic E-state index is 0.301. The maximum atomic E-state index is 13.1. The van der Waals surface area contributed by atoms with Crippen molar-refractivity contribution in [2.75, 3.05) is 12.4 Å².